The van der Waals surface area contributed by atoms with Crippen LogP contribution in [-0.4, -0.2) is 39.7 Å². The van der Waals surface area contributed by atoms with Gasteiger partial charge in [-0.3, -0.25) is 0 Å². The maximum absolute atomic E-state index is 15.0. The highest BCUT2D eigenvalue weighted by molar-refractivity contribution is 9.10. The molecular formula is C22H31BrF3N3O3Si. The molecule has 3 rings (SSSR count). The molecule has 1 fully saturated rings. The lowest BCUT2D eigenvalue weighted by Gasteiger charge is -2.50. The lowest BCUT2D eigenvalue weighted by atomic mass is 10.00. The van der Waals surface area contributed by atoms with Gasteiger partial charge in [0.2, 0.25) is 4.73 Å². The van der Waals surface area contributed by atoms with Gasteiger partial charge in [-0.15, -0.1) is 5.10 Å². The van der Waals surface area contributed by atoms with Gasteiger partial charge in [0.15, 0.2) is 23.7 Å². The first-order valence-corrected chi connectivity index (χ1v) is 14.8. The van der Waals surface area contributed by atoms with E-state index in [4.69, 9.17) is 4.74 Å². The molecule has 2 N–H and O–H groups in total. The number of hydrogen-bond donors (Lipinski definition) is 2. The van der Waals surface area contributed by atoms with E-state index in [0.29, 0.717) is 19.1 Å². The molecule has 2 aromatic rings. The number of hydrogen-bond acceptors (Lipinski definition) is 5. The van der Waals surface area contributed by atoms with Crippen molar-refractivity contribution in [3.63, 3.8) is 0 Å². The van der Waals surface area contributed by atoms with Crippen molar-refractivity contribution < 1.29 is 28.1 Å². The van der Waals surface area contributed by atoms with Crippen LogP contribution >= 0.6 is 15.9 Å². The van der Waals surface area contributed by atoms with Gasteiger partial charge < -0.3 is 14.9 Å². The fourth-order valence-corrected chi connectivity index (χ4v) is 7.38. The molecule has 0 radical (unpaired) electrons. The third-order valence-electron chi connectivity index (χ3n) is 7.21. The van der Waals surface area contributed by atoms with Gasteiger partial charge in [-0.25, -0.2) is 22.8 Å². The van der Waals surface area contributed by atoms with Crippen LogP contribution in [0.5, 0.6) is 0 Å². The Morgan fingerprint density at radius 2 is 1.85 bits per heavy atom. The van der Waals surface area contributed by atoms with E-state index < -0.39 is 60.1 Å². The molecule has 1 aromatic heterocycles. The average molecular weight is 550 g/mol. The summed E-state index contributed by atoms with van der Waals surface area (Å²) < 4.78 is 51.6. The van der Waals surface area contributed by atoms with Crippen LogP contribution in [0.25, 0.3) is 0 Å². The van der Waals surface area contributed by atoms with E-state index in [1.165, 1.54) is 4.68 Å². The largest absolute Gasteiger partial charge is 0.388 e. The standard InChI is InChI=1S/C22H31BrF3N3O3Si/c1-21(2,3)33(4,5)22(31,17-13(24)9-10-14(25)18(17)26)12-15(30)19-27-20(23)28-29(19)16-8-6-7-11-32-16/h9-10,15-16,30-31H,6-8,11-12H2,1-5H3. The first-order chi connectivity index (χ1) is 15.2. The Morgan fingerprint density at radius 1 is 1.21 bits per heavy atom. The van der Waals surface area contributed by atoms with Crippen molar-refractivity contribution in [2.75, 3.05) is 6.61 Å². The highest BCUT2D eigenvalue weighted by atomic mass is 79.9. The lowest BCUT2D eigenvalue weighted by molar-refractivity contribution is -0.0483. The Labute approximate surface area is 201 Å². The van der Waals surface area contributed by atoms with Gasteiger partial charge in [0.1, 0.15) is 11.9 Å². The van der Waals surface area contributed by atoms with E-state index >= 15 is 4.39 Å². The number of aliphatic hydroxyl groups excluding tert-OH is 1. The summed E-state index contributed by atoms with van der Waals surface area (Å²) in [6, 6.07) is 1.48. The third kappa shape index (κ3) is 4.79. The number of nitrogens with zero attached hydrogens (tertiary/aromatic N) is 3. The number of aliphatic hydroxyl groups is 2. The first-order valence-electron chi connectivity index (χ1n) is 11.0. The Hall–Kier alpha value is -1.27. The molecule has 3 atom stereocenters. The first kappa shape index (κ1) is 26.3. The summed E-state index contributed by atoms with van der Waals surface area (Å²) in [5, 5.41) is 24.8. The molecule has 0 aliphatic carbocycles. The van der Waals surface area contributed by atoms with Crippen molar-refractivity contribution in [3.8, 4) is 0 Å². The van der Waals surface area contributed by atoms with E-state index in [1.54, 1.807) is 13.1 Å². The molecule has 0 amide bonds. The average Bonchev–Trinajstić information content (AvgIpc) is 3.12. The fraction of sp³-hybridized carbons (Fsp3) is 0.636. The molecule has 184 valence electrons. The van der Waals surface area contributed by atoms with E-state index in [0.717, 1.165) is 18.9 Å². The summed E-state index contributed by atoms with van der Waals surface area (Å²) in [6.07, 6.45) is 0.0911. The number of aromatic nitrogens is 3. The van der Waals surface area contributed by atoms with Crippen LogP contribution in [0.3, 0.4) is 0 Å². The van der Waals surface area contributed by atoms with E-state index in [2.05, 4.69) is 26.0 Å². The summed E-state index contributed by atoms with van der Waals surface area (Å²) in [4.78, 5) is 4.25. The van der Waals surface area contributed by atoms with Gasteiger partial charge in [0.25, 0.3) is 0 Å². The van der Waals surface area contributed by atoms with Crippen LogP contribution in [0.15, 0.2) is 16.9 Å². The van der Waals surface area contributed by atoms with E-state index in [1.807, 2.05) is 20.8 Å². The van der Waals surface area contributed by atoms with Gasteiger partial charge in [-0.2, -0.15) is 0 Å². The van der Waals surface area contributed by atoms with Crippen LogP contribution < -0.4 is 0 Å². The van der Waals surface area contributed by atoms with Gasteiger partial charge in [0, 0.05) is 13.0 Å². The second-order valence-electron chi connectivity index (χ2n) is 10.2. The Kier molecular flexibility index (Phi) is 7.51. The highest BCUT2D eigenvalue weighted by Crippen LogP contribution is 2.52. The Bertz CT molecular complexity index is 1010. The quantitative estimate of drug-likeness (QED) is 0.366. The van der Waals surface area contributed by atoms with Crippen molar-refractivity contribution in [1.29, 1.82) is 0 Å². The van der Waals surface area contributed by atoms with Crippen molar-refractivity contribution in [3.05, 3.63) is 45.7 Å². The number of benzene rings is 1. The van der Waals surface area contributed by atoms with E-state index in [-0.39, 0.29) is 10.6 Å². The molecular weight excluding hydrogens is 519 g/mol. The molecule has 1 saturated heterocycles. The minimum Gasteiger partial charge on any atom is -0.388 e. The summed E-state index contributed by atoms with van der Waals surface area (Å²) in [5.41, 5.74) is -0.757. The van der Waals surface area contributed by atoms with E-state index in [9.17, 15) is 19.0 Å². The van der Waals surface area contributed by atoms with Crippen molar-refractivity contribution in [1.82, 2.24) is 14.8 Å². The monoisotopic (exact) mass is 549 g/mol. The van der Waals surface area contributed by atoms with Crippen molar-refractivity contribution in [2.24, 2.45) is 0 Å². The molecule has 1 aliphatic rings. The molecule has 0 bridgehead atoms. The Balaban J connectivity index is 2.13. The molecule has 0 saturated carbocycles. The summed E-state index contributed by atoms with van der Waals surface area (Å²) in [7, 11) is -3.08. The summed E-state index contributed by atoms with van der Waals surface area (Å²) >= 11 is 3.21. The van der Waals surface area contributed by atoms with Crippen LogP contribution in [0.1, 0.15) is 70.2 Å². The smallest absolute Gasteiger partial charge is 0.217 e. The highest BCUT2D eigenvalue weighted by Gasteiger charge is 2.56. The normalized spacial score (nSPS) is 20.5. The maximum atomic E-state index is 15.0. The Morgan fingerprint density at radius 3 is 2.42 bits per heavy atom. The topological polar surface area (TPSA) is 80.4 Å². The fourth-order valence-electron chi connectivity index (χ4n) is 4.23. The molecule has 6 nitrogen and oxygen atoms in total. The number of rotatable bonds is 6. The minimum absolute atomic E-state index is 0.100. The summed E-state index contributed by atoms with van der Waals surface area (Å²) in [5.74, 6) is -3.68. The predicted octanol–water partition coefficient (Wildman–Crippen LogP) is 5.52. The molecule has 1 aliphatic heterocycles. The third-order valence-corrected chi connectivity index (χ3v) is 13.8. The van der Waals surface area contributed by atoms with Crippen molar-refractivity contribution in [2.45, 2.75) is 82.1 Å². The molecule has 2 heterocycles. The molecule has 11 heteroatoms. The summed E-state index contributed by atoms with van der Waals surface area (Å²) in [6.45, 7) is 9.66. The van der Waals surface area contributed by atoms with Crippen LogP contribution in [0, 0.1) is 17.5 Å². The molecule has 3 unspecified atom stereocenters. The molecule has 1 aromatic carbocycles. The zero-order valence-electron chi connectivity index (χ0n) is 19.5. The van der Waals surface area contributed by atoms with Gasteiger partial charge in [0.05, 0.1) is 18.9 Å². The minimum atomic E-state index is -3.08. The van der Waals surface area contributed by atoms with Gasteiger partial charge >= 0.3 is 0 Å². The maximum Gasteiger partial charge on any atom is 0.217 e. The molecule has 0 spiro atoms. The van der Waals surface area contributed by atoms with Crippen LogP contribution in [0.2, 0.25) is 18.1 Å². The zero-order valence-corrected chi connectivity index (χ0v) is 22.1. The number of ether oxygens (including phenoxy) is 1. The predicted molar refractivity (Wildman–Crippen MR) is 124 cm³/mol. The second kappa shape index (κ2) is 9.41. The van der Waals surface area contributed by atoms with Crippen LogP contribution in [0.4, 0.5) is 13.2 Å². The van der Waals surface area contributed by atoms with Gasteiger partial charge in [-0.1, -0.05) is 33.9 Å². The number of halogens is 4. The zero-order chi connectivity index (χ0) is 24.8. The van der Waals surface area contributed by atoms with Gasteiger partial charge in [-0.05, 0) is 52.4 Å². The van der Waals surface area contributed by atoms with Crippen LogP contribution in [-0.2, 0) is 9.96 Å². The lowest BCUT2D eigenvalue weighted by Crippen LogP contribution is -2.59. The SMILES string of the molecule is CC(C)(C)[Si](C)(C)C(O)(CC(O)c1nc(Br)nn1C1CCCCO1)c1c(F)ccc(F)c1F. The van der Waals surface area contributed by atoms with Crippen molar-refractivity contribution >= 4 is 24.0 Å². The molecule has 33 heavy (non-hydrogen) atoms. The second-order valence-corrected chi connectivity index (χ2v) is 16.5.